The first-order chi connectivity index (χ1) is 17.5. The Bertz CT molecular complexity index is 1400. The molecule has 5 heterocycles. The van der Waals surface area contributed by atoms with Crippen molar-refractivity contribution in [2.24, 2.45) is 22.7 Å². The zero-order valence-electron chi connectivity index (χ0n) is 21.6. The number of allylic oxidation sites excluding steroid dienone is 1. The van der Waals surface area contributed by atoms with Gasteiger partial charge in [0.1, 0.15) is 0 Å². The van der Waals surface area contributed by atoms with Crippen molar-refractivity contribution in [3.05, 3.63) is 83.1 Å². The molecule has 0 saturated heterocycles. The fourth-order valence-electron chi connectivity index (χ4n) is 5.83. The van der Waals surface area contributed by atoms with Crippen molar-refractivity contribution in [3.63, 3.8) is 0 Å². The minimum Gasteiger partial charge on any atom is -0.264 e. The van der Waals surface area contributed by atoms with Crippen molar-refractivity contribution in [3.8, 4) is 0 Å². The second kappa shape index (κ2) is 9.53. The summed E-state index contributed by atoms with van der Waals surface area (Å²) in [6.07, 6.45) is 22.4. The lowest BCUT2D eigenvalue weighted by atomic mass is 9.98. The Morgan fingerprint density at radius 2 is 1.72 bits per heavy atom. The molecule has 0 bridgehead atoms. The van der Waals surface area contributed by atoms with E-state index in [2.05, 4.69) is 83.9 Å². The van der Waals surface area contributed by atoms with Crippen LogP contribution < -0.4 is 4.57 Å². The van der Waals surface area contributed by atoms with Crippen LogP contribution in [-0.2, 0) is 19.3 Å². The second-order valence-electron chi connectivity index (χ2n) is 11.2. The van der Waals surface area contributed by atoms with Gasteiger partial charge in [0, 0.05) is 29.6 Å². The van der Waals surface area contributed by atoms with Crippen molar-refractivity contribution >= 4 is 29.6 Å². The first kappa shape index (κ1) is 23.0. The van der Waals surface area contributed by atoms with Gasteiger partial charge in [-0.05, 0) is 82.2 Å². The number of fused-ring (bicyclic) bond motifs is 3. The summed E-state index contributed by atoms with van der Waals surface area (Å²) in [6, 6.07) is 6.65. The molecule has 2 aliphatic heterocycles. The molecule has 0 spiro atoms. The number of rotatable bonds is 1. The van der Waals surface area contributed by atoms with Gasteiger partial charge >= 0.3 is 11.7 Å². The Kier molecular flexibility index (Phi) is 6.08. The van der Waals surface area contributed by atoms with E-state index in [4.69, 9.17) is 9.98 Å². The smallest absolute Gasteiger partial charge is 0.264 e. The van der Waals surface area contributed by atoms with Crippen molar-refractivity contribution in [2.75, 3.05) is 6.54 Å². The lowest BCUT2D eigenvalue weighted by Gasteiger charge is -2.10. The quantitative estimate of drug-likeness (QED) is 0.436. The lowest BCUT2D eigenvalue weighted by molar-refractivity contribution is -0.558. The number of hydrogen-bond donors (Lipinski definition) is 0. The Balaban J connectivity index is 1.36. The maximum Gasteiger partial charge on any atom is 0.323 e. The lowest BCUT2D eigenvalue weighted by Crippen LogP contribution is -2.43. The Morgan fingerprint density at radius 1 is 0.861 bits per heavy atom. The molecule has 0 amide bonds. The molecule has 3 aromatic heterocycles. The van der Waals surface area contributed by atoms with Crippen molar-refractivity contribution < 1.29 is 9.14 Å². The van der Waals surface area contributed by atoms with Crippen LogP contribution in [0.25, 0.3) is 6.08 Å². The SMILES string of the molecule is CC1CC=Cc2cc[n+](C3=Nc4cnc([N+]5=Cc6cnccc6CC(C)C5)cc4CC(C)C3)cc2C1. The van der Waals surface area contributed by atoms with Gasteiger partial charge in [-0.15, -0.1) is 0 Å². The fraction of sp³-hybridized carbons (Fsp3) is 0.387. The normalized spacial score (nSPS) is 23.2. The molecule has 6 rings (SSSR count). The van der Waals surface area contributed by atoms with Gasteiger partial charge in [-0.2, -0.15) is 0 Å². The summed E-state index contributed by atoms with van der Waals surface area (Å²) in [6.45, 7) is 7.93. The van der Waals surface area contributed by atoms with Gasteiger partial charge in [0.2, 0.25) is 5.69 Å². The second-order valence-corrected chi connectivity index (χ2v) is 11.2. The minimum absolute atomic E-state index is 0.502. The van der Waals surface area contributed by atoms with Crippen LogP contribution in [0.15, 0.2) is 60.3 Å². The number of aliphatic imine (C=N–C) groups is 1. The number of aromatic nitrogens is 3. The van der Waals surface area contributed by atoms with E-state index in [-0.39, 0.29) is 0 Å². The molecule has 0 radical (unpaired) electrons. The highest BCUT2D eigenvalue weighted by molar-refractivity contribution is 5.80. The van der Waals surface area contributed by atoms with E-state index < -0.39 is 0 Å². The van der Waals surface area contributed by atoms with Gasteiger partial charge in [0.05, 0.1) is 31.6 Å². The third kappa shape index (κ3) is 4.67. The van der Waals surface area contributed by atoms with Gasteiger partial charge in [-0.1, -0.05) is 32.9 Å². The highest BCUT2D eigenvalue weighted by atomic mass is 15.1. The average Bonchev–Trinajstić information content (AvgIpc) is 3.23. The molecule has 1 aliphatic carbocycles. The fourth-order valence-corrected chi connectivity index (χ4v) is 5.83. The van der Waals surface area contributed by atoms with E-state index in [0.29, 0.717) is 17.8 Å². The molecule has 36 heavy (non-hydrogen) atoms. The van der Waals surface area contributed by atoms with Gasteiger partial charge in [-0.3, -0.25) is 4.98 Å². The molecule has 3 aromatic rings. The highest BCUT2D eigenvalue weighted by Gasteiger charge is 2.29. The standard InChI is InChI=1S/C31H35N5/c1-21-5-4-6-24-8-10-35(19-27(24)11-21)31-14-22(2)12-26-15-30(33-17-29(26)34-31)36-18-23(3)13-25-7-9-32-16-28(25)20-36/h4,6-10,15-17,19-23H,5,11-14,18H2,1-3H3/q+2. The summed E-state index contributed by atoms with van der Waals surface area (Å²) in [5.74, 6) is 3.81. The minimum atomic E-state index is 0.502. The van der Waals surface area contributed by atoms with E-state index in [0.717, 1.165) is 56.0 Å². The van der Waals surface area contributed by atoms with E-state index in [1.54, 1.807) is 0 Å². The van der Waals surface area contributed by atoms with Crippen molar-refractivity contribution in [1.82, 2.24) is 9.97 Å². The Hall–Kier alpha value is -3.47. The monoisotopic (exact) mass is 477 g/mol. The summed E-state index contributed by atoms with van der Waals surface area (Å²) in [5, 5.41) is 0. The molecule has 0 aromatic carbocycles. The van der Waals surface area contributed by atoms with Crippen LogP contribution in [0.3, 0.4) is 0 Å². The van der Waals surface area contributed by atoms with Crippen molar-refractivity contribution in [1.29, 1.82) is 0 Å². The zero-order chi connectivity index (χ0) is 24.6. The van der Waals surface area contributed by atoms with Gasteiger partial charge < -0.3 is 0 Å². The molecular formula is C31H35N5+2. The highest BCUT2D eigenvalue weighted by Crippen LogP contribution is 2.30. The molecule has 0 saturated carbocycles. The summed E-state index contributed by atoms with van der Waals surface area (Å²) in [7, 11) is 0. The van der Waals surface area contributed by atoms with Gasteiger partial charge in [-0.25, -0.2) is 9.14 Å². The average molecular weight is 478 g/mol. The molecule has 3 unspecified atom stereocenters. The molecule has 5 heteroatoms. The summed E-state index contributed by atoms with van der Waals surface area (Å²) in [4.78, 5) is 14.4. The van der Waals surface area contributed by atoms with Crippen LogP contribution in [0.4, 0.5) is 11.5 Å². The zero-order valence-corrected chi connectivity index (χ0v) is 21.6. The number of pyridine rings is 3. The largest absolute Gasteiger partial charge is 0.323 e. The number of hydrogen-bond acceptors (Lipinski definition) is 3. The predicted octanol–water partition coefficient (Wildman–Crippen LogP) is 5.48. The Morgan fingerprint density at radius 3 is 2.64 bits per heavy atom. The third-order valence-corrected chi connectivity index (χ3v) is 7.70. The molecule has 182 valence electrons. The molecule has 5 nitrogen and oxygen atoms in total. The summed E-state index contributed by atoms with van der Waals surface area (Å²) in [5.41, 5.74) is 7.58. The van der Waals surface area contributed by atoms with Crippen molar-refractivity contribution in [2.45, 2.75) is 52.9 Å². The maximum atomic E-state index is 5.17. The van der Waals surface area contributed by atoms with Crippen LogP contribution in [0.1, 0.15) is 61.4 Å². The Labute approximate surface area is 214 Å². The maximum absolute atomic E-state index is 5.17. The van der Waals surface area contributed by atoms with Crippen LogP contribution in [0.2, 0.25) is 0 Å². The van der Waals surface area contributed by atoms with Crippen LogP contribution in [0, 0.1) is 17.8 Å². The topological polar surface area (TPSA) is 45.0 Å². The van der Waals surface area contributed by atoms with Crippen LogP contribution >= 0.6 is 0 Å². The molecule has 3 atom stereocenters. The van der Waals surface area contributed by atoms with E-state index in [1.165, 1.54) is 27.8 Å². The van der Waals surface area contributed by atoms with Crippen LogP contribution in [-0.4, -0.2) is 33.1 Å². The molecular weight excluding hydrogens is 442 g/mol. The van der Waals surface area contributed by atoms with Crippen LogP contribution in [0.5, 0.6) is 0 Å². The van der Waals surface area contributed by atoms with E-state index in [1.807, 2.05) is 18.6 Å². The third-order valence-electron chi connectivity index (χ3n) is 7.70. The molecule has 0 fully saturated rings. The predicted molar refractivity (Wildman–Crippen MR) is 144 cm³/mol. The van der Waals surface area contributed by atoms with E-state index >= 15 is 0 Å². The summed E-state index contributed by atoms with van der Waals surface area (Å²) < 4.78 is 4.55. The first-order valence-corrected chi connectivity index (χ1v) is 13.3. The molecule has 3 aliphatic rings. The van der Waals surface area contributed by atoms with E-state index in [9.17, 15) is 0 Å². The summed E-state index contributed by atoms with van der Waals surface area (Å²) >= 11 is 0. The van der Waals surface area contributed by atoms with Gasteiger partial charge in [0.15, 0.2) is 6.20 Å². The van der Waals surface area contributed by atoms with Gasteiger partial charge in [0.25, 0.3) is 0 Å². The number of nitrogens with zero attached hydrogens (tertiary/aromatic N) is 5. The first-order valence-electron chi connectivity index (χ1n) is 13.3. The molecule has 0 N–H and O–H groups in total.